The summed E-state index contributed by atoms with van der Waals surface area (Å²) in [6, 6.07) is 3.72. The number of nitrogens with zero attached hydrogens (tertiary/aromatic N) is 5. The lowest BCUT2D eigenvalue weighted by Gasteiger charge is -2.27. The first-order valence-corrected chi connectivity index (χ1v) is 12.5. The molecule has 4 rings (SSSR count). The topological polar surface area (TPSA) is 121 Å². The molecule has 10 nitrogen and oxygen atoms in total. The Bertz CT molecular complexity index is 1590. The predicted molar refractivity (Wildman–Crippen MR) is 137 cm³/mol. The van der Waals surface area contributed by atoms with Crippen LogP contribution in [-0.4, -0.2) is 42.1 Å². The van der Waals surface area contributed by atoms with Crippen LogP contribution >= 0.6 is 11.3 Å². The Hall–Kier alpha value is -3.64. The van der Waals surface area contributed by atoms with Crippen molar-refractivity contribution in [1.29, 1.82) is 0 Å². The Kier molecular flexibility index (Phi) is 7.16. The van der Waals surface area contributed by atoms with Crippen LogP contribution in [0.15, 0.2) is 40.2 Å². The number of aryl methyl sites for hydroxylation is 1. The van der Waals surface area contributed by atoms with Gasteiger partial charge in [0.05, 0.1) is 31.4 Å². The van der Waals surface area contributed by atoms with Gasteiger partial charge in [-0.1, -0.05) is 18.3 Å². The van der Waals surface area contributed by atoms with Crippen LogP contribution in [0, 0.1) is 12.7 Å². The lowest BCUT2D eigenvalue weighted by molar-refractivity contribution is -0.126. The number of aliphatic hydroxyl groups excluding tert-OH is 1. The van der Waals surface area contributed by atoms with Gasteiger partial charge in [-0.2, -0.15) is 10.2 Å². The molecule has 3 aromatic heterocycles. The summed E-state index contributed by atoms with van der Waals surface area (Å²) < 4.78 is 21.5. The Balaban J connectivity index is 2.02. The van der Waals surface area contributed by atoms with Gasteiger partial charge in [0.15, 0.2) is 5.78 Å². The van der Waals surface area contributed by atoms with Crippen molar-refractivity contribution in [3.8, 4) is 10.8 Å². The van der Waals surface area contributed by atoms with E-state index in [-0.39, 0.29) is 40.3 Å². The maximum Gasteiger partial charge on any atom is 0.333 e. The van der Waals surface area contributed by atoms with Crippen LogP contribution in [-0.2, 0) is 16.9 Å². The molecule has 0 saturated heterocycles. The first-order valence-electron chi connectivity index (χ1n) is 11.7. The molecule has 12 heteroatoms. The third-order valence-corrected chi connectivity index (χ3v) is 7.69. The van der Waals surface area contributed by atoms with Gasteiger partial charge in [0.1, 0.15) is 33.0 Å². The van der Waals surface area contributed by atoms with Gasteiger partial charge in [-0.3, -0.25) is 14.2 Å². The van der Waals surface area contributed by atoms with Crippen LogP contribution in [0.3, 0.4) is 0 Å². The van der Waals surface area contributed by atoms with Gasteiger partial charge in [0.25, 0.3) is 5.56 Å². The van der Waals surface area contributed by atoms with E-state index in [0.29, 0.717) is 17.0 Å². The van der Waals surface area contributed by atoms with Crippen molar-refractivity contribution in [2.75, 3.05) is 7.11 Å². The number of ether oxygens (including phenoxy) is 1. The number of thiophene rings is 1. The lowest BCUT2D eigenvalue weighted by Crippen LogP contribution is -2.52. The highest BCUT2D eigenvalue weighted by molar-refractivity contribution is 7.21. The third-order valence-electron chi connectivity index (χ3n) is 6.41. The summed E-state index contributed by atoms with van der Waals surface area (Å²) in [6.07, 6.45) is 2.35. The number of Topliss-reactive ketones (excluding diaryl/α,β-unsaturated/α-hetero) is 1. The molecule has 0 aliphatic carbocycles. The van der Waals surface area contributed by atoms with E-state index in [1.165, 1.54) is 54.8 Å². The number of aliphatic hydroxyl groups is 1. The highest BCUT2D eigenvalue weighted by atomic mass is 32.1. The molecule has 196 valence electrons. The number of methoxy groups -OCH3 is 1. The van der Waals surface area contributed by atoms with E-state index in [9.17, 15) is 23.9 Å². The maximum absolute atomic E-state index is 14.0. The van der Waals surface area contributed by atoms with Gasteiger partial charge >= 0.3 is 5.69 Å². The van der Waals surface area contributed by atoms with Gasteiger partial charge in [0, 0.05) is 17.5 Å². The number of carbonyl (C=O) groups is 1. The quantitative estimate of drug-likeness (QED) is 0.354. The Morgan fingerprint density at radius 3 is 2.54 bits per heavy atom. The fraction of sp³-hybridized carbons (Fsp3) is 0.400. The molecule has 3 heterocycles. The number of aromatic nitrogens is 5. The molecule has 1 atom stereocenters. The fourth-order valence-electron chi connectivity index (χ4n) is 4.39. The smallest absolute Gasteiger partial charge is 0.333 e. The van der Waals surface area contributed by atoms with E-state index < -0.39 is 28.7 Å². The van der Waals surface area contributed by atoms with E-state index in [2.05, 4.69) is 10.2 Å². The number of benzene rings is 1. The molecule has 1 aromatic carbocycles. The zero-order chi connectivity index (χ0) is 27.1. The van der Waals surface area contributed by atoms with Gasteiger partial charge < -0.3 is 9.84 Å². The molecular formula is C25H28FN5O5S. The van der Waals surface area contributed by atoms with E-state index in [1.54, 1.807) is 6.92 Å². The second kappa shape index (κ2) is 10.0. The Morgan fingerprint density at radius 2 is 1.92 bits per heavy atom. The first-order chi connectivity index (χ1) is 17.5. The lowest BCUT2D eigenvalue weighted by atomic mass is 9.95. The van der Waals surface area contributed by atoms with Crippen molar-refractivity contribution in [2.24, 2.45) is 0 Å². The van der Waals surface area contributed by atoms with Crippen LogP contribution in [0.5, 0.6) is 5.75 Å². The van der Waals surface area contributed by atoms with Crippen molar-refractivity contribution in [2.45, 2.75) is 58.7 Å². The van der Waals surface area contributed by atoms with E-state index in [1.807, 2.05) is 6.92 Å². The molecule has 0 bridgehead atoms. The maximum atomic E-state index is 14.0. The molecule has 0 saturated carbocycles. The van der Waals surface area contributed by atoms with Crippen molar-refractivity contribution >= 4 is 27.3 Å². The summed E-state index contributed by atoms with van der Waals surface area (Å²) >= 11 is 1.11. The molecule has 1 N–H and O–H groups in total. The van der Waals surface area contributed by atoms with Crippen LogP contribution < -0.4 is 16.0 Å². The van der Waals surface area contributed by atoms with Crippen molar-refractivity contribution in [1.82, 2.24) is 24.1 Å². The molecule has 4 aromatic rings. The van der Waals surface area contributed by atoms with Gasteiger partial charge in [0.2, 0.25) is 0 Å². The zero-order valence-electron chi connectivity index (χ0n) is 21.2. The number of hydrogen-bond donors (Lipinski definition) is 1. The van der Waals surface area contributed by atoms with Crippen molar-refractivity contribution in [3.63, 3.8) is 0 Å². The van der Waals surface area contributed by atoms with Crippen molar-refractivity contribution < 1.29 is 19.0 Å². The number of ketones is 1. The number of halogens is 1. The summed E-state index contributed by atoms with van der Waals surface area (Å²) in [4.78, 5) is 42.3. The summed E-state index contributed by atoms with van der Waals surface area (Å²) in [7, 11) is 1.39. The van der Waals surface area contributed by atoms with E-state index >= 15 is 0 Å². The molecule has 0 aliphatic heterocycles. The second-order valence-corrected chi connectivity index (χ2v) is 10.2. The largest absolute Gasteiger partial charge is 0.496 e. The van der Waals surface area contributed by atoms with E-state index in [0.717, 1.165) is 22.0 Å². The van der Waals surface area contributed by atoms with Gasteiger partial charge in [-0.15, -0.1) is 4.80 Å². The molecule has 0 amide bonds. The average molecular weight is 530 g/mol. The van der Waals surface area contributed by atoms with Crippen LogP contribution in [0.4, 0.5) is 4.39 Å². The normalized spacial score (nSPS) is 12.7. The van der Waals surface area contributed by atoms with E-state index in [4.69, 9.17) is 4.74 Å². The highest BCUT2D eigenvalue weighted by Gasteiger charge is 2.35. The minimum Gasteiger partial charge on any atom is -0.496 e. The monoisotopic (exact) mass is 529 g/mol. The summed E-state index contributed by atoms with van der Waals surface area (Å²) in [5.74, 6) is -0.606. The zero-order valence-corrected chi connectivity index (χ0v) is 22.0. The number of carbonyl (C=O) groups excluding carboxylic acids is 1. The number of rotatable bonds is 9. The minimum atomic E-state index is -1.44. The molecule has 0 radical (unpaired) electrons. The fourth-order valence-corrected chi connectivity index (χ4v) is 5.61. The Morgan fingerprint density at radius 1 is 1.24 bits per heavy atom. The molecule has 0 fully saturated rings. The molecular weight excluding hydrogens is 501 g/mol. The summed E-state index contributed by atoms with van der Waals surface area (Å²) in [5, 5.41) is 20.1. The summed E-state index contributed by atoms with van der Waals surface area (Å²) in [6.45, 7) is 6.30. The third kappa shape index (κ3) is 4.51. The number of fused-ring (bicyclic) bond motifs is 1. The van der Waals surface area contributed by atoms with Crippen LogP contribution in [0.1, 0.15) is 50.8 Å². The second-order valence-electron chi connectivity index (χ2n) is 9.20. The highest BCUT2D eigenvalue weighted by Crippen LogP contribution is 2.33. The predicted octanol–water partition coefficient (Wildman–Crippen LogP) is 3.10. The summed E-state index contributed by atoms with van der Waals surface area (Å²) in [5.41, 5.74) is -2.15. The molecule has 37 heavy (non-hydrogen) atoms. The van der Waals surface area contributed by atoms with Gasteiger partial charge in [-0.25, -0.2) is 13.8 Å². The molecule has 0 spiro atoms. The van der Waals surface area contributed by atoms with Gasteiger partial charge in [-0.05, 0) is 45.4 Å². The van der Waals surface area contributed by atoms with Crippen LogP contribution in [0.25, 0.3) is 15.2 Å². The first kappa shape index (κ1) is 26.4. The number of hydrogen-bond acceptors (Lipinski definition) is 8. The molecule has 0 unspecified atom stereocenters. The minimum absolute atomic E-state index is 0.142. The standard InChI is InChI=1S/C25H28FN5O5S/c1-6-7-19(33)25(3,4)30-21(34)20-14(2)22(31-27-10-11-28-31)37-23(20)29(24(30)35)13-17(32)16-12-15(26)8-9-18(16)36-5/h8-12,17,32H,6-7,13H2,1-5H3/t17-/m0/s1. The molecule has 0 aliphatic rings. The Labute approximate surface area is 215 Å². The SMILES string of the molecule is CCCC(=O)C(C)(C)n1c(=O)c2c(C)c(-n3nccn3)sc2n(C[C@H](O)c2cc(F)ccc2OC)c1=O. The van der Waals surface area contributed by atoms with Crippen LogP contribution in [0.2, 0.25) is 0 Å². The van der Waals surface area contributed by atoms with Crippen molar-refractivity contribution in [3.05, 3.63) is 68.4 Å². The average Bonchev–Trinajstić information content (AvgIpc) is 3.49.